The first-order chi connectivity index (χ1) is 9.72. The van der Waals surface area contributed by atoms with Crippen LogP contribution in [0.4, 0.5) is 0 Å². The minimum Gasteiger partial charge on any atom is -0.256 e. The lowest BCUT2D eigenvalue weighted by molar-refractivity contribution is 1.14. The smallest absolute Gasteiger partial charge is 0.159 e. The number of hydrogen-bond acceptors (Lipinski definition) is 3. The van der Waals surface area contributed by atoms with Gasteiger partial charge in [0.15, 0.2) is 5.82 Å². The quantitative estimate of drug-likeness (QED) is 0.704. The number of aryl methyl sites for hydroxylation is 2. The Kier molecular flexibility index (Phi) is 3.25. The highest BCUT2D eigenvalue weighted by Gasteiger charge is 2.03. The van der Waals surface area contributed by atoms with Crippen molar-refractivity contribution < 1.29 is 0 Å². The molecule has 1 aromatic carbocycles. The largest absolute Gasteiger partial charge is 0.256 e. The Labute approximate surface area is 118 Å². The fourth-order valence-electron chi connectivity index (χ4n) is 1.97. The van der Waals surface area contributed by atoms with Crippen molar-refractivity contribution in [2.24, 2.45) is 0 Å². The van der Waals surface area contributed by atoms with Crippen molar-refractivity contribution in [3.05, 3.63) is 66.1 Å². The van der Waals surface area contributed by atoms with Gasteiger partial charge in [0, 0.05) is 29.7 Å². The maximum atomic E-state index is 4.43. The minimum absolute atomic E-state index is 0.749. The Bertz CT molecular complexity index is 634. The molecule has 3 aromatic rings. The van der Waals surface area contributed by atoms with E-state index in [1.165, 1.54) is 5.56 Å². The first-order valence-corrected chi connectivity index (χ1v) is 6.54. The summed E-state index contributed by atoms with van der Waals surface area (Å²) in [6.07, 6.45) is 5.54. The minimum atomic E-state index is 0.749. The van der Waals surface area contributed by atoms with E-state index in [-0.39, 0.29) is 0 Å². The molecule has 2 aromatic heterocycles. The lowest BCUT2D eigenvalue weighted by Crippen LogP contribution is -1.89. The number of rotatable bonds is 2. The molecule has 3 nitrogen and oxygen atoms in total. The molecular formula is C17H15N3. The topological polar surface area (TPSA) is 38.7 Å². The zero-order chi connectivity index (χ0) is 13.9. The summed E-state index contributed by atoms with van der Waals surface area (Å²) in [5.41, 5.74) is 5.32. The highest BCUT2D eigenvalue weighted by Crippen LogP contribution is 2.21. The van der Waals surface area contributed by atoms with E-state index in [0.717, 1.165) is 28.2 Å². The van der Waals surface area contributed by atoms with E-state index in [4.69, 9.17) is 0 Å². The molecule has 0 radical (unpaired) electrons. The SMILES string of the molecule is Cc1ccc(-c2ccc(-c3ncc(C)cn3)cc2)nc1. The van der Waals surface area contributed by atoms with Crippen LogP contribution < -0.4 is 0 Å². The molecule has 0 saturated carbocycles. The van der Waals surface area contributed by atoms with E-state index in [9.17, 15) is 0 Å². The van der Waals surface area contributed by atoms with E-state index < -0.39 is 0 Å². The van der Waals surface area contributed by atoms with Gasteiger partial charge >= 0.3 is 0 Å². The highest BCUT2D eigenvalue weighted by molar-refractivity contribution is 5.65. The predicted octanol–water partition coefficient (Wildman–Crippen LogP) is 3.82. The molecule has 98 valence electrons. The zero-order valence-electron chi connectivity index (χ0n) is 11.5. The van der Waals surface area contributed by atoms with E-state index in [0.29, 0.717) is 0 Å². The van der Waals surface area contributed by atoms with E-state index in [2.05, 4.69) is 33.2 Å². The molecule has 0 spiro atoms. The molecule has 0 unspecified atom stereocenters. The molecule has 0 bridgehead atoms. The normalized spacial score (nSPS) is 10.5. The van der Waals surface area contributed by atoms with Crippen molar-refractivity contribution >= 4 is 0 Å². The van der Waals surface area contributed by atoms with Crippen molar-refractivity contribution in [1.29, 1.82) is 0 Å². The van der Waals surface area contributed by atoms with Crippen molar-refractivity contribution in [3.63, 3.8) is 0 Å². The second kappa shape index (κ2) is 5.21. The van der Waals surface area contributed by atoms with Crippen LogP contribution in [0.15, 0.2) is 55.0 Å². The molecule has 0 aliphatic rings. The summed E-state index contributed by atoms with van der Waals surface area (Å²) in [7, 11) is 0. The van der Waals surface area contributed by atoms with E-state index in [1.54, 1.807) is 0 Å². The third-order valence-electron chi connectivity index (χ3n) is 3.13. The van der Waals surface area contributed by atoms with E-state index >= 15 is 0 Å². The summed E-state index contributed by atoms with van der Waals surface area (Å²) in [6.45, 7) is 4.02. The van der Waals surface area contributed by atoms with Gasteiger partial charge in [0.2, 0.25) is 0 Å². The summed E-state index contributed by atoms with van der Waals surface area (Å²) in [4.78, 5) is 13.1. The molecule has 0 fully saturated rings. The first-order valence-electron chi connectivity index (χ1n) is 6.54. The fourth-order valence-corrected chi connectivity index (χ4v) is 1.97. The third kappa shape index (κ3) is 2.57. The molecule has 20 heavy (non-hydrogen) atoms. The number of aromatic nitrogens is 3. The van der Waals surface area contributed by atoms with Crippen LogP contribution in [0.2, 0.25) is 0 Å². The number of hydrogen-bond donors (Lipinski definition) is 0. The van der Waals surface area contributed by atoms with Gasteiger partial charge in [-0.1, -0.05) is 30.3 Å². The van der Waals surface area contributed by atoms with Crippen LogP contribution in [0.1, 0.15) is 11.1 Å². The van der Waals surface area contributed by atoms with Crippen molar-refractivity contribution in [2.75, 3.05) is 0 Å². The second-order valence-corrected chi connectivity index (χ2v) is 4.88. The number of pyridine rings is 1. The van der Waals surface area contributed by atoms with Gasteiger partial charge in [0.25, 0.3) is 0 Å². The molecular weight excluding hydrogens is 246 g/mol. The van der Waals surface area contributed by atoms with Crippen molar-refractivity contribution in [3.8, 4) is 22.6 Å². The molecule has 0 amide bonds. The molecule has 0 atom stereocenters. The van der Waals surface area contributed by atoms with Crippen molar-refractivity contribution in [2.45, 2.75) is 13.8 Å². The average molecular weight is 261 g/mol. The first kappa shape index (κ1) is 12.5. The Morgan fingerprint density at radius 2 is 1.20 bits per heavy atom. The van der Waals surface area contributed by atoms with Crippen molar-refractivity contribution in [1.82, 2.24) is 15.0 Å². The van der Waals surface area contributed by atoms with Gasteiger partial charge in [-0.3, -0.25) is 4.98 Å². The lowest BCUT2D eigenvalue weighted by Gasteiger charge is -2.04. The van der Waals surface area contributed by atoms with Crippen LogP contribution in [-0.4, -0.2) is 15.0 Å². The van der Waals surface area contributed by atoms with Gasteiger partial charge in [-0.25, -0.2) is 9.97 Å². The third-order valence-corrected chi connectivity index (χ3v) is 3.13. The monoisotopic (exact) mass is 261 g/mol. The number of benzene rings is 1. The summed E-state index contributed by atoms with van der Waals surface area (Å²) < 4.78 is 0. The zero-order valence-corrected chi connectivity index (χ0v) is 11.5. The van der Waals surface area contributed by atoms with Crippen LogP contribution >= 0.6 is 0 Å². The standard InChI is InChI=1S/C17H15N3/c1-12-3-8-16(18-9-12)14-4-6-15(7-5-14)17-19-10-13(2)11-20-17/h3-11H,1-2H3. The van der Waals surface area contributed by atoms with Crippen LogP contribution in [0.3, 0.4) is 0 Å². The highest BCUT2D eigenvalue weighted by atomic mass is 14.9. The average Bonchev–Trinajstić information content (AvgIpc) is 2.49. The van der Waals surface area contributed by atoms with Gasteiger partial charge in [0.1, 0.15) is 0 Å². The molecule has 0 N–H and O–H groups in total. The maximum Gasteiger partial charge on any atom is 0.159 e. The molecule has 2 heterocycles. The molecule has 0 aliphatic heterocycles. The van der Waals surface area contributed by atoms with Crippen LogP contribution in [0.5, 0.6) is 0 Å². The molecule has 0 saturated heterocycles. The Balaban J connectivity index is 1.91. The van der Waals surface area contributed by atoms with Gasteiger partial charge < -0.3 is 0 Å². The van der Waals surface area contributed by atoms with Gasteiger partial charge in [-0.2, -0.15) is 0 Å². The Morgan fingerprint density at radius 3 is 1.80 bits per heavy atom. The van der Waals surface area contributed by atoms with Gasteiger partial charge in [0.05, 0.1) is 5.69 Å². The van der Waals surface area contributed by atoms with Crippen LogP contribution in [-0.2, 0) is 0 Å². The van der Waals surface area contributed by atoms with Gasteiger partial charge in [-0.15, -0.1) is 0 Å². The summed E-state index contributed by atoms with van der Waals surface area (Å²) in [5.74, 6) is 0.749. The lowest BCUT2D eigenvalue weighted by atomic mass is 10.1. The number of nitrogens with zero attached hydrogens (tertiary/aromatic N) is 3. The summed E-state index contributed by atoms with van der Waals surface area (Å²) in [5, 5.41) is 0. The van der Waals surface area contributed by atoms with E-state index in [1.807, 2.05) is 50.6 Å². The van der Waals surface area contributed by atoms with Gasteiger partial charge in [-0.05, 0) is 31.0 Å². The maximum absolute atomic E-state index is 4.43. The van der Waals surface area contributed by atoms with Crippen LogP contribution in [0.25, 0.3) is 22.6 Å². The Morgan fingerprint density at radius 1 is 0.600 bits per heavy atom. The molecule has 3 rings (SSSR count). The predicted molar refractivity (Wildman–Crippen MR) is 80.2 cm³/mol. The Hall–Kier alpha value is -2.55. The fraction of sp³-hybridized carbons (Fsp3) is 0.118. The molecule has 0 aliphatic carbocycles. The second-order valence-electron chi connectivity index (χ2n) is 4.88. The summed E-state index contributed by atoms with van der Waals surface area (Å²) >= 11 is 0. The molecule has 3 heteroatoms. The van der Waals surface area contributed by atoms with Crippen LogP contribution in [0, 0.1) is 13.8 Å². The summed E-state index contributed by atoms with van der Waals surface area (Å²) in [6, 6.07) is 12.3.